The van der Waals surface area contributed by atoms with Crippen LogP contribution in [-0.2, 0) is 28.6 Å². The molecule has 0 aromatic rings. The monoisotopic (exact) mass is 1060 g/mol. The molecule has 0 radical (unpaired) electrons. The van der Waals surface area contributed by atoms with Crippen LogP contribution in [0.5, 0.6) is 0 Å². The average molecular weight is 1070 g/mol. The summed E-state index contributed by atoms with van der Waals surface area (Å²) >= 11 is 0. The molecule has 0 saturated carbocycles. The van der Waals surface area contributed by atoms with Crippen molar-refractivity contribution in [3.8, 4) is 0 Å². The van der Waals surface area contributed by atoms with Crippen molar-refractivity contribution in [2.45, 2.75) is 284 Å². The predicted molar refractivity (Wildman–Crippen MR) is 334 cm³/mol. The summed E-state index contributed by atoms with van der Waals surface area (Å²) in [6.07, 6.45) is 90.1. The summed E-state index contributed by atoms with van der Waals surface area (Å²) in [4.78, 5) is 38.3. The van der Waals surface area contributed by atoms with Gasteiger partial charge in [-0.2, -0.15) is 0 Å². The van der Waals surface area contributed by atoms with Gasteiger partial charge in [0.1, 0.15) is 13.2 Å². The third-order valence-corrected chi connectivity index (χ3v) is 13.1. The summed E-state index contributed by atoms with van der Waals surface area (Å²) < 4.78 is 16.9. The smallest absolute Gasteiger partial charge is 0.306 e. The van der Waals surface area contributed by atoms with Crippen LogP contribution in [0.3, 0.4) is 0 Å². The maximum Gasteiger partial charge on any atom is 0.306 e. The lowest BCUT2D eigenvalue weighted by Gasteiger charge is -2.18. The van der Waals surface area contributed by atoms with Crippen molar-refractivity contribution in [3.05, 3.63) is 134 Å². The highest BCUT2D eigenvalue weighted by Crippen LogP contribution is 2.15. The summed E-state index contributed by atoms with van der Waals surface area (Å²) in [5, 5.41) is 0. The molecule has 0 heterocycles. The minimum absolute atomic E-state index is 0.0974. The molecule has 0 rings (SSSR count). The van der Waals surface area contributed by atoms with Gasteiger partial charge in [-0.3, -0.25) is 14.4 Å². The van der Waals surface area contributed by atoms with E-state index in [1.807, 2.05) is 0 Å². The number of allylic oxidation sites excluding steroid dienone is 22. The fourth-order valence-corrected chi connectivity index (χ4v) is 8.43. The first kappa shape index (κ1) is 72.5. The molecule has 1 atom stereocenters. The van der Waals surface area contributed by atoms with E-state index in [9.17, 15) is 14.4 Å². The van der Waals surface area contributed by atoms with Gasteiger partial charge >= 0.3 is 17.9 Å². The molecule has 1 unspecified atom stereocenters. The number of rotatable bonds is 56. The predicted octanol–water partition coefficient (Wildman–Crippen LogP) is 21.8. The first-order valence-corrected chi connectivity index (χ1v) is 31.7. The molecule has 6 nitrogen and oxygen atoms in total. The maximum absolute atomic E-state index is 12.9. The van der Waals surface area contributed by atoms with E-state index in [1.165, 1.54) is 83.5 Å². The molecule has 77 heavy (non-hydrogen) atoms. The molecular formula is C71H116O6. The van der Waals surface area contributed by atoms with E-state index in [4.69, 9.17) is 14.2 Å². The minimum atomic E-state index is -0.803. The van der Waals surface area contributed by atoms with Gasteiger partial charge in [0.2, 0.25) is 0 Å². The zero-order valence-corrected chi connectivity index (χ0v) is 49.9. The Balaban J connectivity index is 4.47. The van der Waals surface area contributed by atoms with Crippen molar-refractivity contribution in [1.29, 1.82) is 0 Å². The molecule has 0 spiro atoms. The van der Waals surface area contributed by atoms with Crippen molar-refractivity contribution in [2.24, 2.45) is 0 Å². The van der Waals surface area contributed by atoms with Gasteiger partial charge < -0.3 is 14.2 Å². The normalized spacial score (nSPS) is 13.0. The van der Waals surface area contributed by atoms with Gasteiger partial charge in [0.15, 0.2) is 6.10 Å². The van der Waals surface area contributed by atoms with Crippen LogP contribution in [0.1, 0.15) is 278 Å². The molecule has 0 aliphatic rings. The van der Waals surface area contributed by atoms with E-state index < -0.39 is 6.10 Å². The van der Waals surface area contributed by atoms with Crippen LogP contribution >= 0.6 is 0 Å². The number of unbranched alkanes of at least 4 members (excludes halogenated alkanes) is 23. The van der Waals surface area contributed by atoms with Crippen LogP contribution < -0.4 is 0 Å². The zero-order valence-electron chi connectivity index (χ0n) is 49.9. The number of ether oxygens (including phenoxy) is 3. The number of hydrogen-bond donors (Lipinski definition) is 0. The number of carbonyl (C=O) groups is 3. The highest BCUT2D eigenvalue weighted by Gasteiger charge is 2.19. The van der Waals surface area contributed by atoms with Crippen LogP contribution in [0.2, 0.25) is 0 Å². The summed E-state index contributed by atoms with van der Waals surface area (Å²) in [7, 11) is 0. The van der Waals surface area contributed by atoms with Gasteiger partial charge in [0.05, 0.1) is 0 Å². The summed E-state index contributed by atoms with van der Waals surface area (Å²) in [5.41, 5.74) is 0. The van der Waals surface area contributed by atoms with Crippen molar-refractivity contribution < 1.29 is 28.6 Å². The lowest BCUT2D eigenvalue weighted by Crippen LogP contribution is -2.30. The second-order valence-electron chi connectivity index (χ2n) is 20.5. The van der Waals surface area contributed by atoms with Crippen LogP contribution in [-0.4, -0.2) is 37.2 Å². The minimum Gasteiger partial charge on any atom is -0.462 e. The van der Waals surface area contributed by atoms with Gasteiger partial charge in [0.25, 0.3) is 0 Å². The van der Waals surface area contributed by atoms with Crippen LogP contribution in [0.15, 0.2) is 134 Å². The lowest BCUT2D eigenvalue weighted by molar-refractivity contribution is -0.167. The topological polar surface area (TPSA) is 78.9 Å². The van der Waals surface area contributed by atoms with Crippen molar-refractivity contribution in [2.75, 3.05) is 13.2 Å². The van der Waals surface area contributed by atoms with Crippen LogP contribution in [0, 0.1) is 0 Å². The first-order chi connectivity index (χ1) is 38.0. The van der Waals surface area contributed by atoms with Crippen LogP contribution in [0.4, 0.5) is 0 Å². The van der Waals surface area contributed by atoms with Gasteiger partial charge in [0, 0.05) is 19.3 Å². The molecule has 0 aromatic carbocycles. The Labute approximate surface area is 475 Å². The van der Waals surface area contributed by atoms with Crippen molar-refractivity contribution >= 4 is 17.9 Å². The highest BCUT2D eigenvalue weighted by atomic mass is 16.6. The average Bonchev–Trinajstić information content (AvgIpc) is 3.43. The molecule has 0 aromatic heterocycles. The number of hydrogen-bond acceptors (Lipinski definition) is 6. The second-order valence-corrected chi connectivity index (χ2v) is 20.5. The molecule has 436 valence electrons. The molecule has 0 aliphatic heterocycles. The standard InChI is InChI=1S/C71H116O6/c1-4-7-10-13-16-19-22-25-28-30-32-34-35-37-38-40-43-46-49-52-55-58-61-64-70(73)76-67-68(66-75-69(72)63-60-57-54-51-48-45-42-27-24-21-18-15-12-9-6-3)77-71(74)65-62-59-56-53-50-47-44-41-39-36-33-31-29-26-23-20-17-14-11-8-5-2/h7-8,10-11,16-17,19-20,25-29,32-34,36-38,42-43,46,68H,4-6,9,12-15,18,21-24,30-31,35,39-41,44-45,47-67H2,1-3H3/b10-7-,11-8-,19-16-,20-17-,28-25-,29-26-,34-32-,36-33-,38-37-,42-27-,46-43-. The Morgan fingerprint density at radius 2 is 0.506 bits per heavy atom. The second kappa shape index (κ2) is 64.1. The summed E-state index contributed by atoms with van der Waals surface area (Å²) in [5.74, 6) is -0.937. The molecule has 0 bridgehead atoms. The SMILES string of the molecule is CC/C=C\C/C=C\C/C=C\C/C=C\C/C=C\C/C=C\CCCCCCC(=O)OCC(COC(=O)CCCCCCC/C=C\CCCCCCCC)OC(=O)CCCCCCCCCC/C=C\C/C=C\C/C=C\C/C=C\CC. The van der Waals surface area contributed by atoms with Gasteiger partial charge in [-0.15, -0.1) is 0 Å². The first-order valence-electron chi connectivity index (χ1n) is 31.7. The van der Waals surface area contributed by atoms with Crippen molar-refractivity contribution in [3.63, 3.8) is 0 Å². The maximum atomic E-state index is 12.9. The Morgan fingerprint density at radius 1 is 0.273 bits per heavy atom. The largest absolute Gasteiger partial charge is 0.462 e. The Morgan fingerprint density at radius 3 is 0.805 bits per heavy atom. The molecule has 0 fully saturated rings. The Kier molecular flexibility index (Phi) is 60.4. The third-order valence-electron chi connectivity index (χ3n) is 13.1. The van der Waals surface area contributed by atoms with Crippen molar-refractivity contribution in [1.82, 2.24) is 0 Å². The van der Waals surface area contributed by atoms with E-state index in [0.717, 1.165) is 154 Å². The molecule has 6 heteroatoms. The van der Waals surface area contributed by atoms with E-state index in [0.29, 0.717) is 19.3 Å². The third kappa shape index (κ3) is 62.3. The van der Waals surface area contributed by atoms with Gasteiger partial charge in [-0.1, -0.05) is 257 Å². The lowest BCUT2D eigenvalue weighted by atomic mass is 10.1. The molecular weight excluding hydrogens is 949 g/mol. The summed E-state index contributed by atoms with van der Waals surface area (Å²) in [6.45, 7) is 6.38. The van der Waals surface area contributed by atoms with Gasteiger partial charge in [-0.25, -0.2) is 0 Å². The molecule has 0 aliphatic carbocycles. The van der Waals surface area contributed by atoms with E-state index in [2.05, 4.69) is 154 Å². The van der Waals surface area contributed by atoms with E-state index in [1.54, 1.807) is 0 Å². The quantitative estimate of drug-likeness (QED) is 0.0261. The zero-order chi connectivity index (χ0) is 55.7. The summed E-state index contributed by atoms with van der Waals surface area (Å²) in [6, 6.07) is 0. The van der Waals surface area contributed by atoms with Gasteiger partial charge in [-0.05, 0) is 135 Å². The molecule has 0 N–H and O–H groups in total. The highest BCUT2D eigenvalue weighted by molar-refractivity contribution is 5.71. The molecule has 0 amide bonds. The Hall–Kier alpha value is -4.45. The Bertz CT molecular complexity index is 1650. The van der Waals surface area contributed by atoms with E-state index >= 15 is 0 Å². The molecule has 0 saturated heterocycles. The number of carbonyl (C=O) groups excluding carboxylic acids is 3. The number of esters is 3. The van der Waals surface area contributed by atoms with E-state index in [-0.39, 0.29) is 31.1 Å². The fraction of sp³-hybridized carbons (Fsp3) is 0.648. The fourth-order valence-electron chi connectivity index (χ4n) is 8.43. The van der Waals surface area contributed by atoms with Crippen LogP contribution in [0.25, 0.3) is 0 Å².